The number of imidazole rings is 1. The van der Waals surface area contributed by atoms with Crippen LogP contribution in [0.2, 0.25) is 5.02 Å². The number of hydrogen-bond acceptors (Lipinski definition) is 4. The van der Waals surface area contributed by atoms with E-state index in [9.17, 15) is 13.9 Å². The molecular weight excluding hydrogens is 472 g/mol. The number of pyridine rings is 1. The Labute approximate surface area is 205 Å². The number of aryl methyl sites for hydroxylation is 1. The number of aromatic nitrogens is 3. The van der Waals surface area contributed by atoms with Gasteiger partial charge in [-0.15, -0.1) is 0 Å². The van der Waals surface area contributed by atoms with E-state index in [2.05, 4.69) is 9.97 Å². The predicted molar refractivity (Wildman–Crippen MR) is 130 cm³/mol. The molecular formula is C27H20ClF2N3O2. The lowest BCUT2D eigenvalue weighted by atomic mass is 9.82. The lowest BCUT2D eigenvalue weighted by Gasteiger charge is -2.30. The van der Waals surface area contributed by atoms with E-state index >= 15 is 0 Å². The molecule has 0 aliphatic rings. The first kappa shape index (κ1) is 23.0. The van der Waals surface area contributed by atoms with Crippen LogP contribution in [0.5, 0.6) is 5.88 Å². The highest BCUT2D eigenvalue weighted by Gasteiger charge is 2.37. The molecule has 0 saturated carbocycles. The molecule has 0 aliphatic heterocycles. The number of aliphatic hydroxyl groups is 1. The molecule has 0 spiro atoms. The number of ether oxygens (including phenoxy) is 1. The number of hydrogen-bond donors (Lipinski definition) is 1. The van der Waals surface area contributed by atoms with Gasteiger partial charge in [0.25, 0.3) is 0 Å². The van der Waals surface area contributed by atoms with Crippen molar-refractivity contribution in [3.05, 3.63) is 113 Å². The lowest BCUT2D eigenvalue weighted by Crippen LogP contribution is -2.31. The highest BCUT2D eigenvalue weighted by Crippen LogP contribution is 2.41. The van der Waals surface area contributed by atoms with E-state index in [1.54, 1.807) is 66.6 Å². The molecule has 0 fully saturated rings. The van der Waals surface area contributed by atoms with Crippen LogP contribution in [0.25, 0.3) is 22.0 Å². The summed E-state index contributed by atoms with van der Waals surface area (Å²) in [6, 6.07) is 17.1. The van der Waals surface area contributed by atoms with E-state index in [1.807, 2.05) is 0 Å². The smallest absolute Gasteiger partial charge is 0.214 e. The summed E-state index contributed by atoms with van der Waals surface area (Å²) in [5.41, 5.74) is 0.368. The molecule has 0 saturated heterocycles. The highest BCUT2D eigenvalue weighted by molar-refractivity contribution is 6.30. The third-order valence-electron chi connectivity index (χ3n) is 6.09. The molecule has 0 bridgehead atoms. The molecule has 0 amide bonds. The molecule has 5 nitrogen and oxygen atoms in total. The van der Waals surface area contributed by atoms with Crippen LogP contribution in [0.3, 0.4) is 0 Å². The van der Waals surface area contributed by atoms with Crippen LogP contribution in [0.15, 0.2) is 79.3 Å². The number of methoxy groups -OCH3 is 1. The Morgan fingerprint density at radius 3 is 2.29 bits per heavy atom. The Hall–Kier alpha value is -3.81. The van der Waals surface area contributed by atoms with E-state index in [4.69, 9.17) is 16.3 Å². The van der Waals surface area contributed by atoms with Crippen LogP contribution < -0.4 is 4.74 Å². The van der Waals surface area contributed by atoms with Gasteiger partial charge in [-0.3, -0.25) is 0 Å². The monoisotopic (exact) mass is 491 g/mol. The van der Waals surface area contributed by atoms with Crippen molar-refractivity contribution in [3.63, 3.8) is 0 Å². The van der Waals surface area contributed by atoms with Crippen molar-refractivity contribution < 1.29 is 18.6 Å². The maximum atomic E-state index is 14.8. The normalized spacial score (nSPS) is 13.1. The van der Waals surface area contributed by atoms with Crippen LogP contribution >= 0.6 is 11.6 Å². The minimum absolute atomic E-state index is 0.203. The topological polar surface area (TPSA) is 60.2 Å². The SMILES string of the molecule is COc1cc(-c2c(F)cccc2F)c2cc(C(O)(c3ccc(Cl)cc3)c3cncn3C)ccc2n1. The zero-order valence-corrected chi connectivity index (χ0v) is 19.6. The number of halogens is 3. The van der Waals surface area contributed by atoms with Gasteiger partial charge in [-0.05, 0) is 47.5 Å². The zero-order chi connectivity index (χ0) is 24.7. The fourth-order valence-electron chi connectivity index (χ4n) is 4.35. The summed E-state index contributed by atoms with van der Waals surface area (Å²) >= 11 is 6.10. The summed E-state index contributed by atoms with van der Waals surface area (Å²) in [6.45, 7) is 0. The molecule has 2 aromatic heterocycles. The summed E-state index contributed by atoms with van der Waals surface area (Å²) in [4.78, 5) is 8.62. The van der Waals surface area contributed by atoms with Crippen molar-refractivity contribution in [2.45, 2.75) is 5.60 Å². The summed E-state index contributed by atoms with van der Waals surface area (Å²) in [7, 11) is 3.21. The van der Waals surface area contributed by atoms with Crippen LogP contribution in [-0.2, 0) is 12.6 Å². The number of fused-ring (bicyclic) bond motifs is 1. The van der Waals surface area contributed by atoms with Gasteiger partial charge in [0.15, 0.2) is 5.60 Å². The highest BCUT2D eigenvalue weighted by atomic mass is 35.5. The third kappa shape index (κ3) is 3.83. The Morgan fingerprint density at radius 1 is 0.971 bits per heavy atom. The van der Waals surface area contributed by atoms with Gasteiger partial charge in [-0.2, -0.15) is 0 Å². The number of benzene rings is 3. The van der Waals surface area contributed by atoms with E-state index in [0.29, 0.717) is 32.7 Å². The number of rotatable bonds is 5. The zero-order valence-electron chi connectivity index (χ0n) is 18.8. The van der Waals surface area contributed by atoms with Gasteiger partial charge in [0, 0.05) is 29.1 Å². The Balaban J connectivity index is 1.83. The van der Waals surface area contributed by atoms with Crippen molar-refractivity contribution >= 4 is 22.5 Å². The van der Waals surface area contributed by atoms with Crippen molar-refractivity contribution in [3.8, 4) is 17.0 Å². The van der Waals surface area contributed by atoms with E-state index in [-0.39, 0.29) is 17.0 Å². The van der Waals surface area contributed by atoms with E-state index in [1.165, 1.54) is 31.4 Å². The van der Waals surface area contributed by atoms with Crippen molar-refractivity contribution in [2.24, 2.45) is 7.05 Å². The largest absolute Gasteiger partial charge is 0.481 e. The molecule has 2 heterocycles. The summed E-state index contributed by atoms with van der Waals surface area (Å²) in [5, 5.41) is 13.2. The maximum Gasteiger partial charge on any atom is 0.214 e. The van der Waals surface area contributed by atoms with Crippen LogP contribution in [0, 0.1) is 11.6 Å². The minimum Gasteiger partial charge on any atom is -0.481 e. The van der Waals surface area contributed by atoms with Gasteiger partial charge in [0.1, 0.15) is 11.6 Å². The Morgan fingerprint density at radius 2 is 1.66 bits per heavy atom. The first-order valence-corrected chi connectivity index (χ1v) is 11.1. The van der Waals surface area contributed by atoms with E-state index in [0.717, 1.165) is 0 Å². The lowest BCUT2D eigenvalue weighted by molar-refractivity contribution is 0.117. The maximum absolute atomic E-state index is 14.8. The van der Waals surface area contributed by atoms with Gasteiger partial charge in [0.2, 0.25) is 5.88 Å². The van der Waals surface area contributed by atoms with Crippen molar-refractivity contribution in [2.75, 3.05) is 7.11 Å². The van der Waals surface area contributed by atoms with Crippen LogP contribution in [0.1, 0.15) is 16.8 Å². The standard InChI is InChI=1S/C27H20ClF2N3O2/c1-33-15-31-14-24(33)27(34,16-6-9-18(28)10-7-16)17-8-11-23-19(12-17)20(13-25(32-23)35-2)26-21(29)4-3-5-22(26)30/h3-15,34H,1-2H3. The van der Waals surface area contributed by atoms with Gasteiger partial charge in [0.05, 0.1) is 36.4 Å². The second-order valence-corrected chi connectivity index (χ2v) is 8.58. The second-order valence-electron chi connectivity index (χ2n) is 8.15. The first-order chi connectivity index (χ1) is 16.8. The molecule has 1 atom stereocenters. The summed E-state index contributed by atoms with van der Waals surface area (Å²) < 4.78 is 36.7. The molecule has 1 unspecified atom stereocenters. The van der Waals surface area contributed by atoms with Gasteiger partial charge in [-0.1, -0.05) is 35.9 Å². The van der Waals surface area contributed by atoms with Gasteiger partial charge in [-0.25, -0.2) is 18.7 Å². The van der Waals surface area contributed by atoms with Gasteiger partial charge < -0.3 is 14.4 Å². The Kier molecular flexibility index (Phi) is 5.75. The molecule has 1 N–H and O–H groups in total. The second kappa shape index (κ2) is 8.76. The average Bonchev–Trinajstić information content (AvgIpc) is 3.29. The molecule has 3 aromatic carbocycles. The van der Waals surface area contributed by atoms with Gasteiger partial charge >= 0.3 is 0 Å². The summed E-state index contributed by atoms with van der Waals surface area (Å²) in [5.74, 6) is -1.23. The quantitative estimate of drug-likeness (QED) is 0.334. The first-order valence-electron chi connectivity index (χ1n) is 10.7. The summed E-state index contributed by atoms with van der Waals surface area (Å²) in [6.07, 6.45) is 3.16. The van der Waals surface area contributed by atoms with Crippen molar-refractivity contribution in [1.82, 2.24) is 14.5 Å². The fourth-order valence-corrected chi connectivity index (χ4v) is 4.48. The van der Waals surface area contributed by atoms with Crippen LogP contribution in [0.4, 0.5) is 8.78 Å². The molecule has 176 valence electrons. The van der Waals surface area contributed by atoms with Crippen LogP contribution in [-0.4, -0.2) is 26.8 Å². The molecule has 5 rings (SSSR count). The average molecular weight is 492 g/mol. The molecule has 0 aliphatic carbocycles. The molecule has 8 heteroatoms. The van der Waals surface area contributed by atoms with E-state index < -0.39 is 17.2 Å². The third-order valence-corrected chi connectivity index (χ3v) is 6.35. The van der Waals surface area contributed by atoms with Crippen molar-refractivity contribution in [1.29, 1.82) is 0 Å². The fraction of sp³-hybridized carbons (Fsp3) is 0.111. The molecule has 5 aromatic rings. The number of nitrogens with zero attached hydrogens (tertiary/aromatic N) is 3. The molecule has 0 radical (unpaired) electrons. The molecule has 35 heavy (non-hydrogen) atoms. The predicted octanol–water partition coefficient (Wildman–Crippen LogP) is 5.86. The Bertz CT molecular complexity index is 1530. The minimum atomic E-state index is -1.64.